The molecule has 5 rings (SSSR count). The fourth-order valence-electron chi connectivity index (χ4n) is 6.06. The minimum atomic E-state index is -0.00461. The van der Waals surface area contributed by atoms with E-state index in [0.717, 1.165) is 41.0 Å². The van der Waals surface area contributed by atoms with Crippen LogP contribution >= 0.6 is 11.6 Å². The van der Waals surface area contributed by atoms with Crippen molar-refractivity contribution >= 4 is 23.5 Å². The van der Waals surface area contributed by atoms with Gasteiger partial charge in [-0.1, -0.05) is 25.1 Å². The lowest BCUT2D eigenvalue weighted by Gasteiger charge is -2.25. The Morgan fingerprint density at radius 2 is 1.90 bits per heavy atom. The van der Waals surface area contributed by atoms with Crippen LogP contribution in [0.15, 0.2) is 48.7 Å². The van der Waals surface area contributed by atoms with Gasteiger partial charge < -0.3 is 5.32 Å². The molecule has 2 heterocycles. The number of halogens is 2. The van der Waals surface area contributed by atoms with E-state index in [2.05, 4.69) is 34.9 Å². The van der Waals surface area contributed by atoms with Crippen molar-refractivity contribution in [1.29, 1.82) is 0 Å². The van der Waals surface area contributed by atoms with Crippen LogP contribution in [0.5, 0.6) is 0 Å². The Hall–Kier alpha value is -2.20. The normalized spacial score (nSPS) is 27.9. The first-order valence-electron chi connectivity index (χ1n) is 11.4. The number of anilines is 1. The van der Waals surface area contributed by atoms with E-state index in [9.17, 15) is 4.39 Å². The Balaban J connectivity index is 1.23. The molecular weight excluding hydrogens is 409 g/mol. The number of nitrogens with one attached hydrogen (secondary N) is 1. The van der Waals surface area contributed by atoms with E-state index in [1.165, 1.54) is 31.2 Å². The largest absolute Gasteiger partial charge is 0.344 e. The quantitative estimate of drug-likeness (QED) is 0.538. The molecule has 3 unspecified atom stereocenters. The summed E-state index contributed by atoms with van der Waals surface area (Å²) in [7, 11) is 0. The third-order valence-corrected chi connectivity index (χ3v) is 8.00. The van der Waals surface area contributed by atoms with Gasteiger partial charge in [0.15, 0.2) is 0 Å². The Bertz CT molecular complexity index is 1000. The second-order valence-electron chi connectivity index (χ2n) is 9.57. The summed E-state index contributed by atoms with van der Waals surface area (Å²) in [6.07, 6.45) is 11.4. The van der Waals surface area contributed by atoms with Crippen LogP contribution in [0.1, 0.15) is 61.8 Å². The Morgan fingerprint density at radius 3 is 2.61 bits per heavy atom. The van der Waals surface area contributed by atoms with Gasteiger partial charge in [0.25, 0.3) is 0 Å². The number of allylic oxidation sites excluding steroid dienone is 2. The van der Waals surface area contributed by atoms with Crippen molar-refractivity contribution in [3.63, 3.8) is 0 Å². The van der Waals surface area contributed by atoms with E-state index in [1.54, 1.807) is 12.3 Å². The fraction of sp³-hybridized carbons (Fsp3) is 0.462. The van der Waals surface area contributed by atoms with Crippen molar-refractivity contribution in [3.8, 4) is 0 Å². The van der Waals surface area contributed by atoms with Crippen molar-refractivity contribution < 1.29 is 4.39 Å². The summed E-state index contributed by atoms with van der Waals surface area (Å²) in [6.45, 7) is 6.57. The van der Waals surface area contributed by atoms with Gasteiger partial charge in [-0.2, -0.15) is 0 Å². The molecule has 0 amide bonds. The SMILES string of the molecule is C=C(Nc1ccc(Cl)cn1)C(C)C1CC2CC(c3ccnc4c3C=C(F)CC4)CC2C1. The van der Waals surface area contributed by atoms with E-state index in [-0.39, 0.29) is 5.83 Å². The van der Waals surface area contributed by atoms with E-state index in [4.69, 9.17) is 11.6 Å². The fourth-order valence-corrected chi connectivity index (χ4v) is 6.17. The summed E-state index contributed by atoms with van der Waals surface area (Å²) in [6, 6.07) is 5.86. The number of rotatable bonds is 5. The molecule has 2 aromatic rings. The summed E-state index contributed by atoms with van der Waals surface area (Å²) >= 11 is 5.93. The first kappa shape index (κ1) is 20.7. The molecule has 0 saturated heterocycles. The van der Waals surface area contributed by atoms with Gasteiger partial charge in [0.2, 0.25) is 0 Å². The number of hydrogen-bond acceptors (Lipinski definition) is 3. The first-order chi connectivity index (χ1) is 15.0. The lowest BCUT2D eigenvalue weighted by molar-refractivity contribution is 0.379. The highest BCUT2D eigenvalue weighted by atomic mass is 35.5. The lowest BCUT2D eigenvalue weighted by Crippen LogP contribution is -2.17. The maximum absolute atomic E-state index is 14.0. The first-order valence-corrected chi connectivity index (χ1v) is 11.8. The molecule has 2 fully saturated rings. The average molecular weight is 438 g/mol. The van der Waals surface area contributed by atoms with E-state index in [0.29, 0.717) is 29.2 Å². The van der Waals surface area contributed by atoms with Crippen molar-refractivity contribution in [2.24, 2.45) is 23.7 Å². The molecular formula is C26H29ClFN3. The molecule has 3 atom stereocenters. The standard InChI is InChI=1S/C26H29ClFN3/c1-15(16(2)31-26-6-3-21(27)14-30-26)17-9-18-11-20(12-19(18)10-17)23-7-8-29-25-5-4-22(28)13-24(23)25/h3,6-8,13-15,17-20H,2,4-5,9-12H2,1H3,(H,30,31). The Kier molecular flexibility index (Phi) is 5.60. The maximum atomic E-state index is 14.0. The third kappa shape index (κ3) is 4.15. The summed E-state index contributed by atoms with van der Waals surface area (Å²) in [4.78, 5) is 8.84. The minimum absolute atomic E-state index is 0.00461. The summed E-state index contributed by atoms with van der Waals surface area (Å²) in [5, 5.41) is 4.01. The molecule has 0 aliphatic heterocycles. The number of fused-ring (bicyclic) bond motifs is 2. The molecule has 5 heteroatoms. The highest BCUT2D eigenvalue weighted by Crippen LogP contribution is 2.55. The van der Waals surface area contributed by atoms with Crippen molar-refractivity contribution in [2.75, 3.05) is 5.32 Å². The second-order valence-corrected chi connectivity index (χ2v) is 10.0. The van der Waals surface area contributed by atoms with Gasteiger partial charge in [-0.05, 0) is 91.5 Å². The summed E-state index contributed by atoms with van der Waals surface area (Å²) in [5.74, 6) is 3.86. The van der Waals surface area contributed by atoms with Gasteiger partial charge in [0.1, 0.15) is 11.6 Å². The predicted molar refractivity (Wildman–Crippen MR) is 124 cm³/mol. The molecule has 0 spiro atoms. The van der Waals surface area contributed by atoms with Crippen molar-refractivity contribution in [3.05, 3.63) is 70.5 Å². The Labute approximate surface area is 188 Å². The zero-order chi connectivity index (χ0) is 21.5. The topological polar surface area (TPSA) is 37.8 Å². The van der Waals surface area contributed by atoms with E-state index in [1.807, 2.05) is 18.3 Å². The zero-order valence-electron chi connectivity index (χ0n) is 18.0. The average Bonchev–Trinajstić information content (AvgIpc) is 3.33. The van der Waals surface area contributed by atoms with Crippen LogP contribution in [-0.2, 0) is 6.42 Å². The minimum Gasteiger partial charge on any atom is -0.344 e. The number of nitrogens with zero attached hydrogens (tertiary/aromatic N) is 2. The van der Waals surface area contributed by atoms with Gasteiger partial charge in [0, 0.05) is 35.8 Å². The molecule has 162 valence electrons. The monoisotopic (exact) mass is 437 g/mol. The van der Waals surface area contributed by atoms with Gasteiger partial charge in [-0.25, -0.2) is 9.37 Å². The predicted octanol–water partition coefficient (Wildman–Crippen LogP) is 7.17. The molecule has 3 aliphatic rings. The van der Waals surface area contributed by atoms with Crippen LogP contribution in [0.25, 0.3) is 6.08 Å². The number of hydrogen-bond donors (Lipinski definition) is 1. The second kappa shape index (κ2) is 8.38. The molecule has 2 saturated carbocycles. The smallest absolute Gasteiger partial charge is 0.130 e. The molecule has 0 bridgehead atoms. The molecule has 3 aliphatic carbocycles. The molecule has 1 N–H and O–H groups in total. The third-order valence-electron chi connectivity index (χ3n) is 7.77. The van der Waals surface area contributed by atoms with Gasteiger partial charge in [0.05, 0.1) is 5.02 Å². The highest BCUT2D eigenvalue weighted by Gasteiger charge is 2.44. The molecule has 0 aromatic carbocycles. The molecule has 3 nitrogen and oxygen atoms in total. The van der Waals surface area contributed by atoms with Gasteiger partial charge in [-0.3, -0.25) is 4.98 Å². The van der Waals surface area contributed by atoms with Gasteiger partial charge >= 0.3 is 0 Å². The van der Waals surface area contributed by atoms with Crippen LogP contribution in [0.3, 0.4) is 0 Å². The molecule has 0 radical (unpaired) electrons. The Morgan fingerprint density at radius 1 is 1.13 bits per heavy atom. The summed E-state index contributed by atoms with van der Waals surface area (Å²) in [5.41, 5.74) is 4.48. The van der Waals surface area contributed by atoms with Crippen molar-refractivity contribution in [1.82, 2.24) is 9.97 Å². The van der Waals surface area contributed by atoms with E-state index < -0.39 is 0 Å². The lowest BCUT2D eigenvalue weighted by atomic mass is 9.84. The molecule has 2 aromatic heterocycles. The molecule has 31 heavy (non-hydrogen) atoms. The highest BCUT2D eigenvalue weighted by molar-refractivity contribution is 6.30. The number of pyridine rings is 2. The van der Waals surface area contributed by atoms with Crippen LogP contribution in [0, 0.1) is 23.7 Å². The van der Waals surface area contributed by atoms with Crippen LogP contribution in [-0.4, -0.2) is 9.97 Å². The van der Waals surface area contributed by atoms with Gasteiger partial charge in [-0.15, -0.1) is 0 Å². The summed E-state index contributed by atoms with van der Waals surface area (Å²) < 4.78 is 14.0. The van der Waals surface area contributed by atoms with Crippen LogP contribution in [0.2, 0.25) is 5.02 Å². The zero-order valence-corrected chi connectivity index (χ0v) is 18.7. The van der Waals surface area contributed by atoms with Crippen LogP contribution < -0.4 is 5.32 Å². The van der Waals surface area contributed by atoms with Crippen molar-refractivity contribution in [2.45, 2.75) is 51.4 Å². The van der Waals surface area contributed by atoms with Crippen LogP contribution in [0.4, 0.5) is 10.2 Å². The maximum Gasteiger partial charge on any atom is 0.130 e. The van der Waals surface area contributed by atoms with E-state index >= 15 is 0 Å². The number of aromatic nitrogens is 2. The number of aryl methyl sites for hydroxylation is 1.